The van der Waals surface area contributed by atoms with Gasteiger partial charge in [0.15, 0.2) is 5.82 Å². The molecule has 0 aromatic carbocycles. The molecule has 0 amide bonds. The highest BCUT2D eigenvalue weighted by Crippen LogP contribution is 2.26. The van der Waals surface area contributed by atoms with E-state index >= 15 is 0 Å². The van der Waals surface area contributed by atoms with Crippen LogP contribution in [0.1, 0.15) is 5.82 Å². The van der Waals surface area contributed by atoms with Gasteiger partial charge < -0.3 is 9.88 Å². The average molecular weight is 332 g/mol. The Labute approximate surface area is 105 Å². The van der Waals surface area contributed by atoms with Crippen LogP contribution in [0, 0.1) is 2.88 Å². The Morgan fingerprint density at radius 3 is 3.20 bits per heavy atom. The van der Waals surface area contributed by atoms with Crippen LogP contribution in [0.5, 0.6) is 0 Å². The largest absolute Gasteiger partial charge is 0.309 e. The topological polar surface area (TPSA) is 42.7 Å². The van der Waals surface area contributed by atoms with E-state index in [1.54, 1.807) is 11.3 Å². The van der Waals surface area contributed by atoms with Crippen LogP contribution >= 0.6 is 33.9 Å². The summed E-state index contributed by atoms with van der Waals surface area (Å²) in [5, 5.41) is 13.9. The molecule has 6 heteroatoms. The summed E-state index contributed by atoms with van der Waals surface area (Å²) < 4.78 is 3.49. The molecule has 1 aliphatic rings. The van der Waals surface area contributed by atoms with Crippen molar-refractivity contribution >= 4 is 33.9 Å². The smallest absolute Gasteiger partial charge is 0.164 e. The first-order valence-corrected chi connectivity index (χ1v) is 6.67. The lowest BCUT2D eigenvalue weighted by Gasteiger charge is -2.15. The van der Waals surface area contributed by atoms with Gasteiger partial charge in [-0.2, -0.15) is 0 Å². The molecule has 1 aliphatic heterocycles. The van der Waals surface area contributed by atoms with E-state index in [4.69, 9.17) is 0 Å². The quantitative estimate of drug-likeness (QED) is 0.809. The maximum Gasteiger partial charge on any atom is 0.164 e. The van der Waals surface area contributed by atoms with Crippen LogP contribution in [0.2, 0.25) is 0 Å². The van der Waals surface area contributed by atoms with Gasteiger partial charge in [-0.25, -0.2) is 0 Å². The third-order valence-corrected chi connectivity index (χ3v) is 4.24. The van der Waals surface area contributed by atoms with Gasteiger partial charge in [0, 0.05) is 24.0 Å². The van der Waals surface area contributed by atoms with E-state index in [0.717, 1.165) is 31.3 Å². The van der Waals surface area contributed by atoms with Gasteiger partial charge in [-0.15, -0.1) is 21.5 Å². The summed E-state index contributed by atoms with van der Waals surface area (Å²) in [6.07, 6.45) is 0. The molecule has 1 N–H and O–H groups in total. The van der Waals surface area contributed by atoms with E-state index in [2.05, 4.69) is 54.1 Å². The second-order valence-electron chi connectivity index (χ2n) is 3.41. The summed E-state index contributed by atoms with van der Waals surface area (Å²) >= 11 is 4.07. The van der Waals surface area contributed by atoms with Gasteiger partial charge in [0.2, 0.25) is 0 Å². The average Bonchev–Trinajstić information content (AvgIpc) is 2.83. The molecule has 0 saturated carbocycles. The number of hydrogen-bond acceptors (Lipinski definition) is 4. The van der Waals surface area contributed by atoms with Crippen LogP contribution < -0.4 is 5.32 Å². The highest BCUT2D eigenvalue weighted by atomic mass is 127. The van der Waals surface area contributed by atoms with E-state index in [-0.39, 0.29) is 0 Å². The van der Waals surface area contributed by atoms with Crippen molar-refractivity contribution in [3.05, 3.63) is 20.2 Å². The lowest BCUT2D eigenvalue weighted by Crippen LogP contribution is -2.28. The Kier molecular flexibility index (Phi) is 2.49. The third-order valence-electron chi connectivity index (χ3n) is 2.45. The summed E-state index contributed by atoms with van der Waals surface area (Å²) in [4.78, 5) is 0. The molecule has 3 rings (SSSR count). The minimum absolute atomic E-state index is 0.828. The lowest BCUT2D eigenvalue weighted by atomic mass is 10.3. The monoisotopic (exact) mass is 332 g/mol. The van der Waals surface area contributed by atoms with Crippen LogP contribution in [0.4, 0.5) is 0 Å². The molecule has 4 nitrogen and oxygen atoms in total. The van der Waals surface area contributed by atoms with Gasteiger partial charge in [-0.3, -0.25) is 0 Å². The number of nitrogens with zero attached hydrogens (tertiary/aromatic N) is 3. The number of rotatable bonds is 1. The zero-order chi connectivity index (χ0) is 10.3. The van der Waals surface area contributed by atoms with Gasteiger partial charge in [0.25, 0.3) is 0 Å². The second-order valence-corrected chi connectivity index (χ2v) is 6.21. The number of aromatic nitrogens is 3. The van der Waals surface area contributed by atoms with E-state index in [0.29, 0.717) is 0 Å². The summed E-state index contributed by atoms with van der Waals surface area (Å²) in [5.41, 5.74) is 1.19. The number of thiophene rings is 1. The summed E-state index contributed by atoms with van der Waals surface area (Å²) in [5.74, 6) is 2.04. The number of fused-ring (bicyclic) bond motifs is 1. The van der Waals surface area contributed by atoms with Crippen molar-refractivity contribution in [1.29, 1.82) is 0 Å². The molecule has 15 heavy (non-hydrogen) atoms. The molecule has 0 radical (unpaired) electrons. The third kappa shape index (κ3) is 1.70. The van der Waals surface area contributed by atoms with Crippen molar-refractivity contribution in [3.8, 4) is 11.4 Å². The summed E-state index contributed by atoms with van der Waals surface area (Å²) in [6.45, 7) is 2.79. The second kappa shape index (κ2) is 3.84. The molecule has 0 bridgehead atoms. The van der Waals surface area contributed by atoms with E-state index in [9.17, 15) is 0 Å². The van der Waals surface area contributed by atoms with Crippen LogP contribution in [0.15, 0.2) is 11.4 Å². The molecule has 0 spiro atoms. The molecule has 2 aromatic rings. The Hall–Kier alpha value is -0.470. The minimum atomic E-state index is 0.828. The van der Waals surface area contributed by atoms with Gasteiger partial charge in [0.05, 0.1) is 9.43 Å². The normalized spacial score (nSPS) is 15.3. The SMILES string of the molecule is Ic1cc(-c2nnc3n2CCNC3)cs1. The van der Waals surface area contributed by atoms with E-state index < -0.39 is 0 Å². The Morgan fingerprint density at radius 2 is 2.40 bits per heavy atom. The summed E-state index contributed by atoms with van der Waals surface area (Å²) in [6, 6.07) is 2.16. The first-order valence-electron chi connectivity index (χ1n) is 4.72. The summed E-state index contributed by atoms with van der Waals surface area (Å²) in [7, 11) is 0. The standard InChI is InChI=1S/C9H9IN4S/c10-7-3-6(5-15-7)9-13-12-8-4-11-1-2-14(8)9/h3,5,11H,1-2,4H2. The number of halogens is 1. The first-order chi connectivity index (χ1) is 7.34. The van der Waals surface area contributed by atoms with Crippen LogP contribution in [-0.2, 0) is 13.1 Å². The molecule has 0 atom stereocenters. The fourth-order valence-corrected chi connectivity index (χ4v) is 3.06. The molecule has 2 aromatic heterocycles. The maximum absolute atomic E-state index is 4.26. The highest BCUT2D eigenvalue weighted by Gasteiger charge is 2.16. The van der Waals surface area contributed by atoms with Crippen LogP contribution in [-0.4, -0.2) is 21.3 Å². The molecule has 0 unspecified atom stereocenters. The van der Waals surface area contributed by atoms with Crippen molar-refractivity contribution in [1.82, 2.24) is 20.1 Å². The van der Waals surface area contributed by atoms with E-state index in [1.807, 2.05) is 0 Å². The van der Waals surface area contributed by atoms with Crippen molar-refractivity contribution in [2.45, 2.75) is 13.1 Å². The van der Waals surface area contributed by atoms with Gasteiger partial charge in [0.1, 0.15) is 5.82 Å². The van der Waals surface area contributed by atoms with Crippen LogP contribution in [0.3, 0.4) is 0 Å². The van der Waals surface area contributed by atoms with Gasteiger partial charge >= 0.3 is 0 Å². The minimum Gasteiger partial charge on any atom is -0.309 e. The number of nitrogens with one attached hydrogen (secondary N) is 1. The Morgan fingerprint density at radius 1 is 1.47 bits per heavy atom. The molecule has 0 fully saturated rings. The zero-order valence-corrected chi connectivity index (χ0v) is 10.9. The van der Waals surface area contributed by atoms with Crippen molar-refractivity contribution in [3.63, 3.8) is 0 Å². The van der Waals surface area contributed by atoms with Gasteiger partial charge in [-0.1, -0.05) is 0 Å². The lowest BCUT2D eigenvalue weighted by molar-refractivity contribution is 0.508. The molecule has 3 heterocycles. The van der Waals surface area contributed by atoms with Crippen molar-refractivity contribution in [2.75, 3.05) is 6.54 Å². The predicted molar refractivity (Wildman–Crippen MR) is 67.8 cm³/mol. The van der Waals surface area contributed by atoms with Crippen molar-refractivity contribution < 1.29 is 0 Å². The Balaban J connectivity index is 2.08. The fourth-order valence-electron chi connectivity index (χ4n) is 1.73. The van der Waals surface area contributed by atoms with Crippen LogP contribution in [0.25, 0.3) is 11.4 Å². The fraction of sp³-hybridized carbons (Fsp3) is 0.333. The molecule has 78 valence electrons. The number of hydrogen-bond donors (Lipinski definition) is 1. The molecular weight excluding hydrogens is 323 g/mol. The Bertz CT molecular complexity index is 490. The first kappa shape index (κ1) is 9.73. The van der Waals surface area contributed by atoms with Gasteiger partial charge in [-0.05, 0) is 28.7 Å². The molecule has 0 saturated heterocycles. The highest BCUT2D eigenvalue weighted by molar-refractivity contribution is 14.1. The molecule has 0 aliphatic carbocycles. The predicted octanol–water partition coefficient (Wildman–Crippen LogP) is 1.71. The van der Waals surface area contributed by atoms with Crippen molar-refractivity contribution in [2.24, 2.45) is 0 Å². The van der Waals surface area contributed by atoms with E-state index in [1.165, 1.54) is 8.45 Å². The molecular formula is C9H9IN4S. The maximum atomic E-state index is 4.26. The zero-order valence-electron chi connectivity index (χ0n) is 7.90.